The minimum absolute atomic E-state index is 0. The van der Waals surface area contributed by atoms with Crippen molar-refractivity contribution in [1.29, 1.82) is 0 Å². The van der Waals surface area contributed by atoms with E-state index >= 15 is 0 Å². The van der Waals surface area contributed by atoms with Crippen LogP contribution in [-0.2, 0) is 0 Å². The molecule has 2 aliphatic rings. The fourth-order valence-corrected chi connectivity index (χ4v) is 3.05. The highest BCUT2D eigenvalue weighted by Gasteiger charge is 2.22. The van der Waals surface area contributed by atoms with Gasteiger partial charge in [0.25, 0.3) is 0 Å². The quantitative estimate of drug-likeness (QED) is 0.806. The Bertz CT molecular complexity index is 190. The van der Waals surface area contributed by atoms with Crippen molar-refractivity contribution in [2.45, 2.75) is 45.6 Å². The fraction of sp³-hybridized carbons (Fsp3) is 1.00. The molecule has 1 atom stereocenters. The van der Waals surface area contributed by atoms with Gasteiger partial charge in [0.1, 0.15) is 0 Å². The van der Waals surface area contributed by atoms with Crippen molar-refractivity contribution < 1.29 is 0 Å². The average Bonchev–Trinajstić information content (AvgIpc) is 2.22. The van der Waals surface area contributed by atoms with Gasteiger partial charge in [-0.15, -0.1) is 12.4 Å². The van der Waals surface area contributed by atoms with Gasteiger partial charge >= 0.3 is 0 Å². The summed E-state index contributed by atoms with van der Waals surface area (Å²) in [6.07, 6.45) is 5.87. The van der Waals surface area contributed by atoms with E-state index in [1.807, 2.05) is 0 Å². The van der Waals surface area contributed by atoms with Gasteiger partial charge in [-0.1, -0.05) is 19.8 Å². The van der Waals surface area contributed by atoms with Crippen molar-refractivity contribution >= 4 is 12.4 Å². The van der Waals surface area contributed by atoms with Crippen molar-refractivity contribution in [2.75, 3.05) is 26.2 Å². The summed E-state index contributed by atoms with van der Waals surface area (Å²) >= 11 is 0. The molecular formula is C13H27ClN2. The second-order valence-corrected chi connectivity index (χ2v) is 5.74. The third-order valence-corrected chi connectivity index (χ3v) is 4.10. The van der Waals surface area contributed by atoms with Crippen molar-refractivity contribution in [2.24, 2.45) is 11.8 Å². The summed E-state index contributed by atoms with van der Waals surface area (Å²) in [6, 6.07) is 0.696. The molecule has 2 rings (SSSR count). The van der Waals surface area contributed by atoms with Gasteiger partial charge in [-0.25, -0.2) is 0 Å². The lowest BCUT2D eigenvalue weighted by Gasteiger charge is -2.36. The van der Waals surface area contributed by atoms with Gasteiger partial charge in [0.15, 0.2) is 0 Å². The number of nitrogens with one attached hydrogen (secondary N) is 1. The summed E-state index contributed by atoms with van der Waals surface area (Å²) in [5, 5.41) is 3.51. The van der Waals surface area contributed by atoms with E-state index in [1.165, 1.54) is 51.9 Å². The number of hydrogen-bond acceptors (Lipinski definition) is 2. The summed E-state index contributed by atoms with van der Waals surface area (Å²) in [6.45, 7) is 9.77. The highest BCUT2D eigenvalue weighted by molar-refractivity contribution is 5.85. The first-order chi connectivity index (χ1) is 7.24. The van der Waals surface area contributed by atoms with Gasteiger partial charge in [-0.05, 0) is 31.6 Å². The second kappa shape index (κ2) is 6.83. The summed E-state index contributed by atoms with van der Waals surface area (Å²) in [4.78, 5) is 2.67. The normalized spacial score (nSPS) is 36.8. The van der Waals surface area contributed by atoms with Gasteiger partial charge in [0, 0.05) is 32.2 Å². The molecule has 0 radical (unpaired) electrons. The van der Waals surface area contributed by atoms with E-state index < -0.39 is 0 Å². The summed E-state index contributed by atoms with van der Waals surface area (Å²) in [5.41, 5.74) is 0. The highest BCUT2D eigenvalue weighted by Crippen LogP contribution is 2.28. The molecule has 2 nitrogen and oxygen atoms in total. The predicted molar refractivity (Wildman–Crippen MR) is 72.3 cm³/mol. The van der Waals surface area contributed by atoms with Crippen LogP contribution in [0.2, 0.25) is 0 Å². The molecule has 1 saturated carbocycles. The molecule has 0 aromatic carbocycles. The van der Waals surface area contributed by atoms with Crippen LogP contribution in [0.15, 0.2) is 0 Å². The van der Waals surface area contributed by atoms with E-state index in [0.29, 0.717) is 6.04 Å². The molecule has 0 spiro atoms. The molecule has 16 heavy (non-hydrogen) atoms. The van der Waals surface area contributed by atoms with Crippen LogP contribution in [-0.4, -0.2) is 37.1 Å². The Labute approximate surface area is 107 Å². The van der Waals surface area contributed by atoms with Crippen LogP contribution in [0.1, 0.15) is 39.5 Å². The fourth-order valence-electron chi connectivity index (χ4n) is 3.05. The SMILES string of the molecule is CC1CCC(CN2CCNC(C)C2)CC1.Cl. The smallest absolute Gasteiger partial charge is 0.0167 e. The number of piperazine rings is 1. The molecule has 3 heteroatoms. The van der Waals surface area contributed by atoms with E-state index in [-0.39, 0.29) is 12.4 Å². The summed E-state index contributed by atoms with van der Waals surface area (Å²) < 4.78 is 0. The third-order valence-electron chi connectivity index (χ3n) is 4.10. The van der Waals surface area contributed by atoms with Crippen LogP contribution in [0.4, 0.5) is 0 Å². The van der Waals surface area contributed by atoms with Gasteiger partial charge in [0.2, 0.25) is 0 Å². The number of hydrogen-bond donors (Lipinski definition) is 1. The molecule has 96 valence electrons. The molecule has 2 fully saturated rings. The van der Waals surface area contributed by atoms with E-state index in [9.17, 15) is 0 Å². The van der Waals surface area contributed by atoms with Gasteiger partial charge in [0.05, 0.1) is 0 Å². The molecule has 1 aliphatic carbocycles. The first-order valence-electron chi connectivity index (χ1n) is 6.70. The highest BCUT2D eigenvalue weighted by atomic mass is 35.5. The third kappa shape index (κ3) is 4.23. The first kappa shape index (κ1) is 14.3. The maximum Gasteiger partial charge on any atom is 0.0167 e. The second-order valence-electron chi connectivity index (χ2n) is 5.74. The lowest BCUT2D eigenvalue weighted by Crippen LogP contribution is -2.50. The molecule has 0 aromatic rings. The Morgan fingerprint density at radius 1 is 1.12 bits per heavy atom. The molecule has 0 bridgehead atoms. The monoisotopic (exact) mass is 246 g/mol. The number of nitrogens with zero attached hydrogens (tertiary/aromatic N) is 1. The van der Waals surface area contributed by atoms with Crippen molar-refractivity contribution in [3.8, 4) is 0 Å². The summed E-state index contributed by atoms with van der Waals surface area (Å²) in [5.74, 6) is 1.98. The van der Waals surface area contributed by atoms with Crippen LogP contribution in [0.25, 0.3) is 0 Å². The topological polar surface area (TPSA) is 15.3 Å². The van der Waals surface area contributed by atoms with Crippen LogP contribution in [0, 0.1) is 11.8 Å². The Balaban J connectivity index is 0.00000128. The average molecular weight is 247 g/mol. The Hall–Kier alpha value is 0.210. The van der Waals surface area contributed by atoms with E-state index in [4.69, 9.17) is 0 Å². The van der Waals surface area contributed by atoms with Crippen LogP contribution in [0.3, 0.4) is 0 Å². The molecule has 1 N–H and O–H groups in total. The lowest BCUT2D eigenvalue weighted by molar-refractivity contribution is 0.151. The molecule has 1 unspecified atom stereocenters. The molecule has 1 saturated heterocycles. The lowest BCUT2D eigenvalue weighted by atomic mass is 9.82. The van der Waals surface area contributed by atoms with Gasteiger partial charge < -0.3 is 10.2 Å². The van der Waals surface area contributed by atoms with E-state index in [1.54, 1.807) is 0 Å². The van der Waals surface area contributed by atoms with Gasteiger partial charge in [-0.2, -0.15) is 0 Å². The Morgan fingerprint density at radius 3 is 2.44 bits per heavy atom. The number of rotatable bonds is 2. The Kier molecular flexibility index (Phi) is 6.09. The number of halogens is 1. The zero-order chi connectivity index (χ0) is 10.7. The van der Waals surface area contributed by atoms with Crippen LogP contribution in [0.5, 0.6) is 0 Å². The van der Waals surface area contributed by atoms with Crippen LogP contribution < -0.4 is 5.32 Å². The predicted octanol–water partition coefficient (Wildman–Crippen LogP) is 2.53. The largest absolute Gasteiger partial charge is 0.312 e. The molecule has 1 heterocycles. The minimum atomic E-state index is 0. The van der Waals surface area contributed by atoms with Crippen molar-refractivity contribution in [3.63, 3.8) is 0 Å². The van der Waals surface area contributed by atoms with Crippen LogP contribution >= 0.6 is 12.4 Å². The van der Waals surface area contributed by atoms with Gasteiger partial charge in [-0.3, -0.25) is 0 Å². The standard InChI is InChI=1S/C13H26N2.ClH/c1-11-3-5-13(6-4-11)10-15-8-7-14-12(2)9-15;/h11-14H,3-10H2,1-2H3;1H. The van der Waals surface area contributed by atoms with Crippen molar-refractivity contribution in [3.05, 3.63) is 0 Å². The van der Waals surface area contributed by atoms with E-state index in [2.05, 4.69) is 24.1 Å². The maximum atomic E-state index is 3.51. The first-order valence-corrected chi connectivity index (χ1v) is 6.70. The summed E-state index contributed by atoms with van der Waals surface area (Å²) in [7, 11) is 0. The maximum absolute atomic E-state index is 3.51. The molecular weight excluding hydrogens is 220 g/mol. The zero-order valence-corrected chi connectivity index (χ0v) is 11.6. The zero-order valence-electron chi connectivity index (χ0n) is 10.7. The molecule has 0 aromatic heterocycles. The Morgan fingerprint density at radius 2 is 1.81 bits per heavy atom. The minimum Gasteiger partial charge on any atom is -0.312 e. The van der Waals surface area contributed by atoms with Crippen molar-refractivity contribution in [1.82, 2.24) is 10.2 Å². The molecule has 1 aliphatic heterocycles. The molecule has 0 amide bonds. The van der Waals surface area contributed by atoms with E-state index in [0.717, 1.165) is 11.8 Å².